The van der Waals surface area contributed by atoms with E-state index in [1.54, 1.807) is 10.7 Å². The second-order valence-corrected chi connectivity index (χ2v) is 4.03. The summed E-state index contributed by atoms with van der Waals surface area (Å²) >= 11 is 0. The van der Waals surface area contributed by atoms with Crippen LogP contribution in [0.4, 0.5) is 0 Å². The number of amides is 1. The average Bonchev–Trinajstić information content (AvgIpc) is 2.72. The van der Waals surface area contributed by atoms with E-state index in [1.165, 1.54) is 0 Å². The summed E-state index contributed by atoms with van der Waals surface area (Å²) in [5.74, 6) is -0.0700. The van der Waals surface area contributed by atoms with Crippen LogP contribution in [0.1, 0.15) is 21.6 Å². The normalized spacial score (nSPS) is 10.2. The first kappa shape index (κ1) is 11.4. The molecular formula is C13H15N3O. The highest BCUT2D eigenvalue weighted by molar-refractivity contribution is 5.94. The van der Waals surface area contributed by atoms with Crippen LogP contribution in [-0.2, 0) is 13.6 Å². The molecule has 0 atom stereocenters. The first-order chi connectivity index (χ1) is 8.15. The first-order valence-corrected chi connectivity index (χ1v) is 5.48. The van der Waals surface area contributed by atoms with Crippen LogP contribution in [0.15, 0.2) is 36.5 Å². The quantitative estimate of drug-likeness (QED) is 0.870. The van der Waals surface area contributed by atoms with Crippen molar-refractivity contribution in [2.45, 2.75) is 13.5 Å². The van der Waals surface area contributed by atoms with Crippen molar-refractivity contribution in [2.24, 2.45) is 7.05 Å². The van der Waals surface area contributed by atoms with E-state index in [0.717, 1.165) is 11.3 Å². The molecule has 4 heteroatoms. The third-order valence-electron chi connectivity index (χ3n) is 2.48. The topological polar surface area (TPSA) is 46.9 Å². The van der Waals surface area contributed by atoms with Gasteiger partial charge in [-0.3, -0.25) is 9.48 Å². The van der Waals surface area contributed by atoms with Crippen LogP contribution in [0.3, 0.4) is 0 Å². The van der Waals surface area contributed by atoms with Crippen molar-refractivity contribution in [3.05, 3.63) is 53.3 Å². The fraction of sp³-hybridized carbons (Fsp3) is 0.231. The van der Waals surface area contributed by atoms with Gasteiger partial charge in [0.25, 0.3) is 5.91 Å². The molecule has 0 saturated carbocycles. The van der Waals surface area contributed by atoms with Crippen LogP contribution in [0.25, 0.3) is 0 Å². The van der Waals surface area contributed by atoms with Gasteiger partial charge in [-0.1, -0.05) is 17.7 Å². The molecule has 1 aromatic carbocycles. The van der Waals surface area contributed by atoms with Crippen LogP contribution in [0.5, 0.6) is 0 Å². The number of nitrogens with one attached hydrogen (secondary N) is 1. The van der Waals surface area contributed by atoms with Gasteiger partial charge in [-0.05, 0) is 25.1 Å². The summed E-state index contributed by atoms with van der Waals surface area (Å²) < 4.78 is 1.72. The van der Waals surface area contributed by atoms with Crippen LogP contribution >= 0.6 is 0 Å². The Morgan fingerprint density at radius 1 is 1.41 bits per heavy atom. The zero-order chi connectivity index (χ0) is 12.3. The summed E-state index contributed by atoms with van der Waals surface area (Å²) in [4.78, 5) is 11.8. The SMILES string of the molecule is Cc1cccc(C(=O)NCc2ccn(C)n2)c1. The summed E-state index contributed by atoms with van der Waals surface area (Å²) in [5, 5.41) is 7.04. The minimum absolute atomic E-state index is 0.0700. The van der Waals surface area contributed by atoms with Gasteiger partial charge in [0.15, 0.2) is 0 Å². The lowest BCUT2D eigenvalue weighted by molar-refractivity contribution is 0.0950. The lowest BCUT2D eigenvalue weighted by atomic mass is 10.1. The van der Waals surface area contributed by atoms with E-state index in [0.29, 0.717) is 12.1 Å². The Kier molecular flexibility index (Phi) is 3.23. The minimum atomic E-state index is -0.0700. The monoisotopic (exact) mass is 229 g/mol. The van der Waals surface area contributed by atoms with Crippen LogP contribution in [0.2, 0.25) is 0 Å². The van der Waals surface area contributed by atoms with Gasteiger partial charge in [-0.15, -0.1) is 0 Å². The van der Waals surface area contributed by atoms with Gasteiger partial charge in [-0.25, -0.2) is 0 Å². The number of carbonyl (C=O) groups is 1. The van der Waals surface area contributed by atoms with Gasteiger partial charge in [0.1, 0.15) is 0 Å². The number of benzene rings is 1. The van der Waals surface area contributed by atoms with E-state index in [-0.39, 0.29) is 5.91 Å². The van der Waals surface area contributed by atoms with E-state index in [1.807, 2.05) is 44.4 Å². The predicted molar refractivity (Wildman–Crippen MR) is 65.6 cm³/mol. The van der Waals surface area contributed by atoms with Crippen LogP contribution in [-0.4, -0.2) is 15.7 Å². The molecule has 0 fully saturated rings. The van der Waals surface area contributed by atoms with Gasteiger partial charge in [0.05, 0.1) is 12.2 Å². The van der Waals surface area contributed by atoms with E-state index >= 15 is 0 Å². The molecule has 2 rings (SSSR count). The largest absolute Gasteiger partial charge is 0.346 e. The molecule has 17 heavy (non-hydrogen) atoms. The maximum atomic E-state index is 11.8. The molecule has 0 aliphatic rings. The molecule has 4 nitrogen and oxygen atoms in total. The van der Waals surface area contributed by atoms with Crippen molar-refractivity contribution in [3.8, 4) is 0 Å². The van der Waals surface area contributed by atoms with E-state index in [4.69, 9.17) is 0 Å². The lowest BCUT2D eigenvalue weighted by Gasteiger charge is -2.03. The van der Waals surface area contributed by atoms with Crippen molar-refractivity contribution in [1.82, 2.24) is 15.1 Å². The summed E-state index contributed by atoms with van der Waals surface area (Å²) in [6, 6.07) is 9.41. The maximum Gasteiger partial charge on any atom is 0.251 e. The Labute approximate surface area is 100 Å². The zero-order valence-electron chi connectivity index (χ0n) is 9.97. The molecular weight excluding hydrogens is 214 g/mol. The van der Waals surface area contributed by atoms with Crippen molar-refractivity contribution in [2.75, 3.05) is 0 Å². The van der Waals surface area contributed by atoms with Crippen molar-refractivity contribution >= 4 is 5.91 Å². The second-order valence-electron chi connectivity index (χ2n) is 4.03. The van der Waals surface area contributed by atoms with Crippen molar-refractivity contribution in [1.29, 1.82) is 0 Å². The summed E-state index contributed by atoms with van der Waals surface area (Å²) in [5.41, 5.74) is 2.62. The number of aryl methyl sites for hydroxylation is 2. The standard InChI is InChI=1S/C13H15N3O/c1-10-4-3-5-11(8-10)13(17)14-9-12-6-7-16(2)15-12/h3-8H,9H2,1-2H3,(H,14,17). The Morgan fingerprint density at radius 2 is 2.24 bits per heavy atom. The molecule has 0 aliphatic carbocycles. The molecule has 88 valence electrons. The first-order valence-electron chi connectivity index (χ1n) is 5.48. The molecule has 0 unspecified atom stereocenters. The third kappa shape index (κ3) is 2.93. The molecule has 1 aromatic heterocycles. The van der Waals surface area contributed by atoms with Crippen molar-refractivity contribution in [3.63, 3.8) is 0 Å². The summed E-state index contributed by atoms with van der Waals surface area (Å²) in [6.45, 7) is 2.42. The fourth-order valence-electron chi connectivity index (χ4n) is 1.62. The highest BCUT2D eigenvalue weighted by Gasteiger charge is 2.05. The molecule has 0 saturated heterocycles. The summed E-state index contributed by atoms with van der Waals surface area (Å²) in [6.07, 6.45) is 1.86. The molecule has 2 aromatic rings. The van der Waals surface area contributed by atoms with Gasteiger partial charge in [-0.2, -0.15) is 5.10 Å². The Morgan fingerprint density at radius 3 is 2.88 bits per heavy atom. The van der Waals surface area contributed by atoms with Crippen LogP contribution in [0, 0.1) is 6.92 Å². The smallest absolute Gasteiger partial charge is 0.251 e. The number of nitrogens with zero attached hydrogens (tertiary/aromatic N) is 2. The fourth-order valence-corrected chi connectivity index (χ4v) is 1.62. The highest BCUT2D eigenvalue weighted by Crippen LogP contribution is 2.04. The third-order valence-corrected chi connectivity index (χ3v) is 2.48. The highest BCUT2D eigenvalue weighted by atomic mass is 16.1. The predicted octanol–water partition coefficient (Wildman–Crippen LogP) is 1.66. The van der Waals surface area contributed by atoms with Crippen LogP contribution < -0.4 is 5.32 Å². The Hall–Kier alpha value is -2.10. The molecule has 0 spiro atoms. The number of hydrogen-bond acceptors (Lipinski definition) is 2. The Balaban J connectivity index is 1.98. The van der Waals surface area contributed by atoms with Gasteiger partial charge >= 0.3 is 0 Å². The number of hydrogen-bond donors (Lipinski definition) is 1. The lowest BCUT2D eigenvalue weighted by Crippen LogP contribution is -2.23. The zero-order valence-corrected chi connectivity index (χ0v) is 9.97. The summed E-state index contributed by atoms with van der Waals surface area (Å²) in [7, 11) is 1.85. The molecule has 0 radical (unpaired) electrons. The maximum absolute atomic E-state index is 11.8. The minimum Gasteiger partial charge on any atom is -0.346 e. The second kappa shape index (κ2) is 4.82. The van der Waals surface area contributed by atoms with Gasteiger partial charge in [0.2, 0.25) is 0 Å². The van der Waals surface area contributed by atoms with E-state index in [9.17, 15) is 4.79 Å². The van der Waals surface area contributed by atoms with Crippen molar-refractivity contribution < 1.29 is 4.79 Å². The van der Waals surface area contributed by atoms with Gasteiger partial charge in [0, 0.05) is 18.8 Å². The van der Waals surface area contributed by atoms with E-state index in [2.05, 4.69) is 10.4 Å². The number of aromatic nitrogens is 2. The molecule has 1 amide bonds. The van der Waals surface area contributed by atoms with Gasteiger partial charge < -0.3 is 5.32 Å². The molecule has 0 aliphatic heterocycles. The van der Waals surface area contributed by atoms with E-state index < -0.39 is 0 Å². The Bertz CT molecular complexity index is 531. The number of rotatable bonds is 3. The average molecular weight is 229 g/mol. The molecule has 1 N–H and O–H groups in total. The molecule has 0 bridgehead atoms. The number of carbonyl (C=O) groups excluding carboxylic acids is 1. The molecule has 1 heterocycles.